The van der Waals surface area contributed by atoms with Gasteiger partial charge in [-0.3, -0.25) is 9.89 Å². The van der Waals surface area contributed by atoms with Crippen molar-refractivity contribution in [2.24, 2.45) is 0 Å². The summed E-state index contributed by atoms with van der Waals surface area (Å²) in [6, 6.07) is 15.3. The molecule has 0 aliphatic rings. The van der Waals surface area contributed by atoms with Gasteiger partial charge in [0, 0.05) is 14.5 Å². The van der Waals surface area contributed by atoms with E-state index in [0.29, 0.717) is 11.0 Å². The molecule has 1 aromatic heterocycles. The number of hydrogen-bond acceptors (Lipinski definition) is 4. The van der Waals surface area contributed by atoms with Crippen molar-refractivity contribution >= 4 is 55.2 Å². The van der Waals surface area contributed by atoms with Crippen LogP contribution in [-0.2, 0) is 4.79 Å². The maximum atomic E-state index is 12.0. The number of amides is 1. The molecule has 5 nitrogen and oxygen atoms in total. The van der Waals surface area contributed by atoms with E-state index in [0.717, 1.165) is 20.2 Å². The molecular formula is C16H12Br2N4OS. The van der Waals surface area contributed by atoms with Crippen LogP contribution >= 0.6 is 43.6 Å². The average Bonchev–Trinajstić information content (AvgIpc) is 3.04. The number of aromatic nitrogens is 3. The van der Waals surface area contributed by atoms with E-state index in [1.165, 1.54) is 11.8 Å². The zero-order chi connectivity index (χ0) is 16.9. The molecule has 0 spiro atoms. The number of aromatic amines is 1. The largest absolute Gasteiger partial charge is 0.324 e. The predicted molar refractivity (Wildman–Crippen MR) is 103 cm³/mol. The summed E-state index contributed by atoms with van der Waals surface area (Å²) in [5, 5.41) is 10.4. The first-order valence-corrected chi connectivity index (χ1v) is 9.54. The SMILES string of the molecule is O=C(CSc1n[nH]c(-c2cccc(Br)c2)n1)Nc1ccccc1Br. The lowest BCUT2D eigenvalue weighted by molar-refractivity contribution is -0.113. The van der Waals surface area contributed by atoms with Crippen molar-refractivity contribution in [2.45, 2.75) is 5.16 Å². The Morgan fingerprint density at radius 2 is 2.00 bits per heavy atom. The first kappa shape index (κ1) is 17.2. The van der Waals surface area contributed by atoms with Crippen LogP contribution < -0.4 is 5.32 Å². The predicted octanol–water partition coefficient (Wildman–Crippen LogP) is 4.73. The van der Waals surface area contributed by atoms with Crippen LogP contribution in [0.15, 0.2) is 62.6 Å². The smallest absolute Gasteiger partial charge is 0.234 e. The summed E-state index contributed by atoms with van der Waals surface area (Å²) in [5.74, 6) is 0.794. The van der Waals surface area contributed by atoms with Crippen molar-refractivity contribution in [2.75, 3.05) is 11.1 Å². The van der Waals surface area contributed by atoms with Crippen molar-refractivity contribution in [3.63, 3.8) is 0 Å². The molecule has 24 heavy (non-hydrogen) atoms. The molecule has 2 aromatic carbocycles. The van der Waals surface area contributed by atoms with Crippen LogP contribution in [0.25, 0.3) is 11.4 Å². The van der Waals surface area contributed by atoms with Gasteiger partial charge in [-0.2, -0.15) is 0 Å². The molecule has 1 heterocycles. The Morgan fingerprint density at radius 3 is 2.79 bits per heavy atom. The van der Waals surface area contributed by atoms with Gasteiger partial charge in [-0.25, -0.2) is 4.98 Å². The molecule has 1 amide bonds. The molecule has 0 saturated heterocycles. The number of H-pyrrole nitrogens is 1. The molecule has 3 rings (SSSR count). The molecule has 0 aliphatic carbocycles. The van der Waals surface area contributed by atoms with E-state index < -0.39 is 0 Å². The highest BCUT2D eigenvalue weighted by Gasteiger charge is 2.10. The number of nitrogens with one attached hydrogen (secondary N) is 2. The number of thioether (sulfide) groups is 1. The summed E-state index contributed by atoms with van der Waals surface area (Å²) in [5.41, 5.74) is 1.68. The highest BCUT2D eigenvalue weighted by Crippen LogP contribution is 2.23. The third-order valence-corrected chi connectivity index (χ3v) is 5.08. The quantitative estimate of drug-likeness (QED) is 0.532. The first-order chi connectivity index (χ1) is 11.6. The van der Waals surface area contributed by atoms with Crippen molar-refractivity contribution < 1.29 is 4.79 Å². The number of rotatable bonds is 5. The van der Waals surface area contributed by atoms with E-state index in [1.807, 2.05) is 48.5 Å². The van der Waals surface area contributed by atoms with Gasteiger partial charge in [0.15, 0.2) is 5.82 Å². The number of halogens is 2. The standard InChI is InChI=1S/C16H12Br2N4OS/c17-11-5-3-4-10(8-11)15-20-16(22-21-15)24-9-14(23)19-13-7-2-1-6-12(13)18/h1-8H,9H2,(H,19,23)(H,20,21,22). The minimum absolute atomic E-state index is 0.110. The maximum Gasteiger partial charge on any atom is 0.234 e. The Kier molecular flexibility index (Phi) is 5.70. The van der Waals surface area contributed by atoms with E-state index in [-0.39, 0.29) is 11.7 Å². The molecule has 3 aromatic rings. The van der Waals surface area contributed by atoms with E-state index in [4.69, 9.17) is 0 Å². The fraction of sp³-hybridized carbons (Fsp3) is 0.0625. The summed E-state index contributed by atoms with van der Waals surface area (Å²) in [6.07, 6.45) is 0. The normalized spacial score (nSPS) is 10.6. The summed E-state index contributed by atoms with van der Waals surface area (Å²) >= 11 is 8.11. The molecule has 122 valence electrons. The van der Waals surface area contributed by atoms with Gasteiger partial charge in [-0.15, -0.1) is 5.10 Å². The van der Waals surface area contributed by atoms with Crippen LogP contribution in [0.1, 0.15) is 0 Å². The van der Waals surface area contributed by atoms with Crippen molar-refractivity contribution in [1.82, 2.24) is 15.2 Å². The summed E-state index contributed by atoms with van der Waals surface area (Å²) in [4.78, 5) is 16.4. The summed E-state index contributed by atoms with van der Waals surface area (Å²) < 4.78 is 1.82. The molecule has 0 aliphatic heterocycles. The van der Waals surface area contributed by atoms with Crippen LogP contribution in [0.4, 0.5) is 5.69 Å². The van der Waals surface area contributed by atoms with Gasteiger partial charge in [0.2, 0.25) is 11.1 Å². The number of anilines is 1. The minimum atomic E-state index is -0.110. The van der Waals surface area contributed by atoms with E-state index in [1.54, 1.807) is 0 Å². The van der Waals surface area contributed by atoms with Crippen LogP contribution in [0, 0.1) is 0 Å². The summed E-state index contributed by atoms with van der Waals surface area (Å²) in [6.45, 7) is 0. The molecule has 0 bridgehead atoms. The number of hydrogen-bond donors (Lipinski definition) is 2. The zero-order valence-electron chi connectivity index (χ0n) is 12.3. The maximum absolute atomic E-state index is 12.0. The summed E-state index contributed by atoms with van der Waals surface area (Å²) in [7, 11) is 0. The monoisotopic (exact) mass is 466 g/mol. The van der Waals surface area contributed by atoms with Crippen molar-refractivity contribution in [3.8, 4) is 11.4 Å². The van der Waals surface area contributed by atoms with Gasteiger partial charge < -0.3 is 5.32 Å². The van der Waals surface area contributed by atoms with Crippen molar-refractivity contribution in [3.05, 3.63) is 57.5 Å². The number of nitrogens with zero attached hydrogens (tertiary/aromatic N) is 2. The topological polar surface area (TPSA) is 70.7 Å². The number of benzene rings is 2. The Bertz CT molecular complexity index is 869. The number of carbonyl (C=O) groups is 1. The number of para-hydroxylation sites is 1. The van der Waals surface area contributed by atoms with Gasteiger partial charge in [-0.1, -0.05) is 52.0 Å². The van der Waals surface area contributed by atoms with Crippen LogP contribution in [0.3, 0.4) is 0 Å². The fourth-order valence-electron chi connectivity index (χ4n) is 1.95. The van der Waals surface area contributed by atoms with Crippen LogP contribution in [-0.4, -0.2) is 26.8 Å². The van der Waals surface area contributed by atoms with Gasteiger partial charge >= 0.3 is 0 Å². The van der Waals surface area contributed by atoms with E-state index >= 15 is 0 Å². The lowest BCUT2D eigenvalue weighted by Crippen LogP contribution is -2.14. The van der Waals surface area contributed by atoms with Crippen LogP contribution in [0.5, 0.6) is 0 Å². The second-order valence-electron chi connectivity index (χ2n) is 4.79. The second-order valence-corrected chi connectivity index (χ2v) is 7.51. The Morgan fingerprint density at radius 1 is 1.17 bits per heavy atom. The van der Waals surface area contributed by atoms with Crippen LogP contribution in [0.2, 0.25) is 0 Å². The molecule has 0 atom stereocenters. The minimum Gasteiger partial charge on any atom is -0.324 e. The Balaban J connectivity index is 1.59. The van der Waals surface area contributed by atoms with Gasteiger partial charge in [-0.05, 0) is 40.2 Å². The molecule has 0 saturated carbocycles. The molecular weight excluding hydrogens is 456 g/mol. The molecule has 2 N–H and O–H groups in total. The molecule has 0 radical (unpaired) electrons. The third kappa shape index (κ3) is 4.46. The zero-order valence-corrected chi connectivity index (χ0v) is 16.3. The molecule has 0 unspecified atom stereocenters. The van der Waals surface area contributed by atoms with Gasteiger partial charge in [0.1, 0.15) is 0 Å². The third-order valence-electron chi connectivity index (χ3n) is 3.04. The van der Waals surface area contributed by atoms with Gasteiger partial charge in [0.25, 0.3) is 0 Å². The molecule has 0 fully saturated rings. The Labute approximate surface area is 159 Å². The van der Waals surface area contributed by atoms with E-state index in [9.17, 15) is 4.79 Å². The number of carbonyl (C=O) groups excluding carboxylic acids is 1. The van der Waals surface area contributed by atoms with Crippen molar-refractivity contribution in [1.29, 1.82) is 0 Å². The lowest BCUT2D eigenvalue weighted by atomic mass is 10.2. The first-order valence-electron chi connectivity index (χ1n) is 6.97. The highest BCUT2D eigenvalue weighted by atomic mass is 79.9. The van der Waals surface area contributed by atoms with Gasteiger partial charge in [0.05, 0.1) is 11.4 Å². The lowest BCUT2D eigenvalue weighted by Gasteiger charge is -2.05. The highest BCUT2D eigenvalue weighted by molar-refractivity contribution is 9.10. The average molecular weight is 468 g/mol. The second kappa shape index (κ2) is 7.96. The van der Waals surface area contributed by atoms with E-state index in [2.05, 4.69) is 52.4 Å². The molecule has 8 heteroatoms. The Hall–Kier alpha value is -1.64. The fourth-order valence-corrected chi connectivity index (χ4v) is 3.34.